The van der Waals surface area contributed by atoms with Gasteiger partial charge in [0.15, 0.2) is 4.80 Å². The van der Waals surface area contributed by atoms with Crippen molar-refractivity contribution in [1.29, 1.82) is 0 Å². The number of nitrogens with zero attached hydrogens (tertiary/aromatic N) is 4. The van der Waals surface area contributed by atoms with Gasteiger partial charge in [-0.05, 0) is 29.8 Å². The van der Waals surface area contributed by atoms with Crippen LogP contribution in [0.25, 0.3) is 6.08 Å². The van der Waals surface area contributed by atoms with Crippen molar-refractivity contribution in [2.24, 2.45) is 4.99 Å². The van der Waals surface area contributed by atoms with Gasteiger partial charge in [-0.1, -0.05) is 29.5 Å². The monoisotopic (exact) mass is 384 g/mol. The zero-order valence-corrected chi connectivity index (χ0v) is 14.7. The Morgan fingerprint density at radius 3 is 2.81 bits per heavy atom. The van der Waals surface area contributed by atoms with E-state index in [-0.39, 0.29) is 23.7 Å². The summed E-state index contributed by atoms with van der Waals surface area (Å²) in [6.45, 7) is 0.583. The standard InChI is InChI=1S/C18H13FN4O3S/c19-13-4-2-5-14(9-13)21-10-20-18-22(11-21)17(24)16(27-18)8-12-3-1-6-15(7-12)23(25)26/h1-9H,10-11H2/b16-8-. The Morgan fingerprint density at radius 2 is 2.04 bits per heavy atom. The highest BCUT2D eigenvalue weighted by molar-refractivity contribution is 7.07. The SMILES string of the molecule is O=c1/c(=C/c2cccc([N+](=O)[O-])c2)sc2n1CN(c1cccc(F)c1)CN=2. The topological polar surface area (TPSA) is 80.7 Å². The molecule has 3 aromatic rings. The molecule has 0 saturated heterocycles. The van der Waals surface area contributed by atoms with Crippen molar-refractivity contribution in [2.45, 2.75) is 6.67 Å². The smallest absolute Gasteiger partial charge is 0.271 e. The minimum absolute atomic E-state index is 0.0351. The fraction of sp³-hybridized carbons (Fsp3) is 0.111. The number of rotatable bonds is 3. The summed E-state index contributed by atoms with van der Waals surface area (Å²) in [6.07, 6.45) is 1.62. The van der Waals surface area contributed by atoms with Crippen LogP contribution in [0.15, 0.2) is 58.3 Å². The Hall–Kier alpha value is -3.33. The maximum atomic E-state index is 13.5. The predicted molar refractivity (Wildman–Crippen MR) is 99.8 cm³/mol. The summed E-state index contributed by atoms with van der Waals surface area (Å²) in [5.74, 6) is -0.351. The van der Waals surface area contributed by atoms with Crippen LogP contribution < -0.4 is 19.8 Å². The molecule has 2 aromatic carbocycles. The number of anilines is 1. The van der Waals surface area contributed by atoms with Crippen molar-refractivity contribution in [3.63, 3.8) is 0 Å². The minimum Gasteiger partial charge on any atom is -0.333 e. The van der Waals surface area contributed by atoms with Gasteiger partial charge < -0.3 is 4.90 Å². The van der Waals surface area contributed by atoms with Crippen LogP contribution in [0.1, 0.15) is 5.56 Å². The van der Waals surface area contributed by atoms with E-state index in [9.17, 15) is 19.3 Å². The Labute approximate surface area is 156 Å². The molecule has 0 fully saturated rings. The molecule has 7 nitrogen and oxygen atoms in total. The molecule has 0 spiro atoms. The number of non-ortho nitro benzene ring substituents is 1. The number of fused-ring (bicyclic) bond motifs is 1. The Morgan fingerprint density at radius 1 is 1.22 bits per heavy atom. The van der Waals surface area contributed by atoms with Gasteiger partial charge in [0, 0.05) is 17.8 Å². The highest BCUT2D eigenvalue weighted by Gasteiger charge is 2.16. The third-order valence-corrected chi connectivity index (χ3v) is 5.17. The number of hydrogen-bond acceptors (Lipinski definition) is 6. The van der Waals surface area contributed by atoms with Gasteiger partial charge in [-0.15, -0.1) is 0 Å². The van der Waals surface area contributed by atoms with Gasteiger partial charge in [0.05, 0.1) is 9.46 Å². The van der Waals surface area contributed by atoms with Crippen molar-refractivity contribution in [3.8, 4) is 0 Å². The van der Waals surface area contributed by atoms with Crippen molar-refractivity contribution < 1.29 is 9.31 Å². The van der Waals surface area contributed by atoms with Gasteiger partial charge in [0.2, 0.25) is 0 Å². The quantitative estimate of drug-likeness (QED) is 0.510. The van der Waals surface area contributed by atoms with E-state index in [0.29, 0.717) is 27.3 Å². The van der Waals surface area contributed by atoms with E-state index in [1.807, 2.05) is 0 Å². The molecule has 0 aliphatic carbocycles. The number of thiazole rings is 1. The third-order valence-electron chi connectivity index (χ3n) is 4.13. The van der Waals surface area contributed by atoms with Crippen molar-refractivity contribution in [2.75, 3.05) is 11.6 Å². The van der Waals surface area contributed by atoms with Crippen molar-refractivity contribution in [1.82, 2.24) is 4.57 Å². The number of aromatic nitrogens is 1. The minimum atomic E-state index is -0.476. The molecule has 1 aliphatic heterocycles. The lowest BCUT2D eigenvalue weighted by molar-refractivity contribution is -0.384. The van der Waals surface area contributed by atoms with Crippen LogP contribution in [0.2, 0.25) is 0 Å². The number of hydrogen-bond donors (Lipinski definition) is 0. The second-order valence-electron chi connectivity index (χ2n) is 5.94. The molecule has 2 heterocycles. The zero-order chi connectivity index (χ0) is 19.0. The first-order valence-corrected chi connectivity index (χ1v) is 8.84. The zero-order valence-electron chi connectivity index (χ0n) is 13.9. The molecule has 0 atom stereocenters. The lowest BCUT2D eigenvalue weighted by Gasteiger charge is -2.25. The molecular formula is C18H13FN4O3S. The highest BCUT2D eigenvalue weighted by atomic mass is 32.1. The van der Waals surface area contributed by atoms with Crippen LogP contribution in [0.5, 0.6) is 0 Å². The molecule has 1 aliphatic rings. The molecule has 1 aromatic heterocycles. The number of nitro groups is 1. The molecule has 27 heavy (non-hydrogen) atoms. The van der Waals surface area contributed by atoms with E-state index in [2.05, 4.69) is 4.99 Å². The summed E-state index contributed by atoms with van der Waals surface area (Å²) in [5, 5.41) is 10.9. The van der Waals surface area contributed by atoms with Crippen molar-refractivity contribution >= 4 is 28.8 Å². The molecule has 0 amide bonds. The fourth-order valence-electron chi connectivity index (χ4n) is 2.83. The molecule has 136 valence electrons. The summed E-state index contributed by atoms with van der Waals surface area (Å²) >= 11 is 1.23. The molecule has 0 bridgehead atoms. The fourth-order valence-corrected chi connectivity index (χ4v) is 3.79. The average Bonchev–Trinajstić information content (AvgIpc) is 2.97. The van der Waals surface area contributed by atoms with E-state index in [0.717, 1.165) is 0 Å². The number of nitro benzene ring substituents is 1. The van der Waals surface area contributed by atoms with E-state index in [4.69, 9.17) is 0 Å². The summed E-state index contributed by atoms with van der Waals surface area (Å²) in [7, 11) is 0. The molecule has 0 saturated carbocycles. The van der Waals surface area contributed by atoms with Crippen LogP contribution in [-0.2, 0) is 6.67 Å². The summed E-state index contributed by atoms with van der Waals surface area (Å²) in [4.78, 5) is 29.9. The maximum Gasteiger partial charge on any atom is 0.271 e. The van der Waals surface area contributed by atoms with Gasteiger partial charge in [-0.25, -0.2) is 9.38 Å². The normalized spacial score (nSPS) is 14.0. The largest absolute Gasteiger partial charge is 0.333 e. The second-order valence-corrected chi connectivity index (χ2v) is 6.95. The van der Waals surface area contributed by atoms with Gasteiger partial charge in [-0.2, -0.15) is 0 Å². The molecule has 0 radical (unpaired) electrons. The van der Waals surface area contributed by atoms with Gasteiger partial charge in [0.1, 0.15) is 19.2 Å². The number of benzene rings is 2. The molecule has 0 N–H and O–H groups in total. The maximum absolute atomic E-state index is 13.5. The average molecular weight is 384 g/mol. The van der Waals surface area contributed by atoms with Gasteiger partial charge in [-0.3, -0.25) is 19.5 Å². The van der Waals surface area contributed by atoms with E-state index < -0.39 is 4.92 Å². The highest BCUT2D eigenvalue weighted by Crippen LogP contribution is 2.17. The van der Waals surface area contributed by atoms with E-state index in [1.165, 1.54) is 40.2 Å². The van der Waals surface area contributed by atoms with Gasteiger partial charge in [0.25, 0.3) is 11.2 Å². The Balaban J connectivity index is 1.72. The summed E-state index contributed by atoms with van der Waals surface area (Å²) in [5.41, 5.74) is 0.952. The third kappa shape index (κ3) is 3.36. The summed E-state index contributed by atoms with van der Waals surface area (Å²) < 4.78 is 15.4. The van der Waals surface area contributed by atoms with Crippen LogP contribution in [0, 0.1) is 15.9 Å². The first-order valence-electron chi connectivity index (χ1n) is 8.02. The van der Waals surface area contributed by atoms with Crippen LogP contribution in [-0.4, -0.2) is 16.2 Å². The second kappa shape index (κ2) is 6.76. The van der Waals surface area contributed by atoms with E-state index >= 15 is 0 Å². The van der Waals surface area contributed by atoms with Gasteiger partial charge >= 0.3 is 0 Å². The van der Waals surface area contributed by atoms with Crippen LogP contribution in [0.4, 0.5) is 15.8 Å². The lowest BCUT2D eigenvalue weighted by Crippen LogP contribution is -2.42. The van der Waals surface area contributed by atoms with Crippen LogP contribution >= 0.6 is 11.3 Å². The lowest BCUT2D eigenvalue weighted by atomic mass is 10.2. The molecule has 4 rings (SSSR count). The Kier molecular flexibility index (Phi) is 4.28. The van der Waals surface area contributed by atoms with Crippen LogP contribution in [0.3, 0.4) is 0 Å². The summed E-state index contributed by atoms with van der Waals surface area (Å²) in [6, 6.07) is 12.2. The Bertz CT molecular complexity index is 1220. The molecule has 0 unspecified atom stereocenters. The molecule has 9 heteroatoms. The number of halogens is 1. The molecular weight excluding hydrogens is 371 g/mol. The first-order chi connectivity index (χ1) is 13.0. The van der Waals surface area contributed by atoms with Crippen molar-refractivity contribution in [3.05, 3.63) is 89.7 Å². The first kappa shape index (κ1) is 17.1. The van der Waals surface area contributed by atoms with E-state index in [1.54, 1.807) is 35.2 Å². The predicted octanol–water partition coefficient (Wildman–Crippen LogP) is 1.84.